The van der Waals surface area contributed by atoms with Gasteiger partial charge in [-0.05, 0) is 64.6 Å². The number of nitrogens with zero attached hydrogens (tertiary/aromatic N) is 2. The van der Waals surface area contributed by atoms with Gasteiger partial charge in [0.25, 0.3) is 0 Å². The molecule has 1 aromatic heterocycles. The van der Waals surface area contributed by atoms with Crippen LogP contribution in [0, 0.1) is 11.3 Å². The minimum Gasteiger partial charge on any atom is -0.337 e. The number of aryl methyl sites for hydroxylation is 2. The quantitative estimate of drug-likeness (QED) is 0.535. The Kier molecular flexibility index (Phi) is 2.98. The zero-order valence-corrected chi connectivity index (χ0v) is 13.6. The van der Waals surface area contributed by atoms with Gasteiger partial charge in [-0.25, -0.2) is 4.98 Å². The number of fused-ring (bicyclic) bond motifs is 1. The second-order valence-corrected chi connectivity index (χ2v) is 6.47. The second kappa shape index (κ2) is 5.32. The molecule has 0 aliphatic heterocycles. The molecule has 1 aliphatic carbocycles. The molecular weight excluding hydrogens is 306 g/mol. The summed E-state index contributed by atoms with van der Waals surface area (Å²) in [6, 6.07) is 21.0. The number of aromatic nitrogens is 2. The van der Waals surface area contributed by atoms with Gasteiger partial charge in [0, 0.05) is 0 Å². The van der Waals surface area contributed by atoms with E-state index in [2.05, 4.69) is 46.4 Å². The van der Waals surface area contributed by atoms with E-state index in [0.717, 1.165) is 29.4 Å². The summed E-state index contributed by atoms with van der Waals surface area (Å²) in [7, 11) is 0. The fraction of sp³-hybridized carbons (Fsp3) is 0.0909. The van der Waals surface area contributed by atoms with E-state index in [-0.39, 0.29) is 0 Å². The number of para-hydroxylation sites is 2. The van der Waals surface area contributed by atoms with Gasteiger partial charge in [0.1, 0.15) is 11.9 Å². The highest BCUT2D eigenvalue weighted by atomic mass is 14.9. The first-order chi connectivity index (χ1) is 12.3. The number of nitrogens with one attached hydrogen (secondary N) is 1. The Bertz CT molecular complexity index is 1170. The minimum atomic E-state index is 0.553. The Hall–Kier alpha value is -3.38. The van der Waals surface area contributed by atoms with Crippen LogP contribution in [0.3, 0.4) is 0 Å². The summed E-state index contributed by atoms with van der Waals surface area (Å²) in [5, 5.41) is 12.3. The normalized spacial score (nSPS) is 13.5. The Morgan fingerprint density at radius 3 is 2.80 bits per heavy atom. The van der Waals surface area contributed by atoms with Gasteiger partial charge in [-0.3, -0.25) is 0 Å². The first-order valence-electron chi connectivity index (χ1n) is 8.43. The van der Waals surface area contributed by atoms with Gasteiger partial charge in [-0.15, -0.1) is 0 Å². The summed E-state index contributed by atoms with van der Waals surface area (Å²) >= 11 is 0. The van der Waals surface area contributed by atoms with Gasteiger partial charge in [-0.1, -0.05) is 36.4 Å². The summed E-state index contributed by atoms with van der Waals surface area (Å²) in [5.41, 5.74) is 6.23. The van der Waals surface area contributed by atoms with Crippen molar-refractivity contribution in [1.29, 1.82) is 5.26 Å². The predicted molar refractivity (Wildman–Crippen MR) is 101 cm³/mol. The molecule has 0 atom stereocenters. The zero-order chi connectivity index (χ0) is 16.8. The van der Waals surface area contributed by atoms with Crippen molar-refractivity contribution in [3.63, 3.8) is 0 Å². The molecule has 4 aromatic rings. The maximum absolute atomic E-state index is 9.64. The van der Waals surface area contributed by atoms with E-state index < -0.39 is 0 Å². The van der Waals surface area contributed by atoms with Crippen molar-refractivity contribution < 1.29 is 0 Å². The van der Waals surface area contributed by atoms with E-state index in [0.29, 0.717) is 11.4 Å². The highest BCUT2D eigenvalue weighted by Gasteiger charge is 2.15. The summed E-state index contributed by atoms with van der Waals surface area (Å²) in [5.74, 6) is 0.619. The minimum absolute atomic E-state index is 0.553. The third-order valence-electron chi connectivity index (χ3n) is 4.91. The molecule has 0 saturated heterocycles. The molecule has 3 heteroatoms. The van der Waals surface area contributed by atoms with Crippen LogP contribution in [0.15, 0.2) is 54.6 Å². The van der Waals surface area contributed by atoms with Crippen molar-refractivity contribution in [1.82, 2.24) is 9.97 Å². The molecule has 0 radical (unpaired) electrons. The fourth-order valence-electron chi connectivity index (χ4n) is 3.79. The van der Waals surface area contributed by atoms with Gasteiger partial charge in [0.15, 0.2) is 0 Å². The van der Waals surface area contributed by atoms with Crippen LogP contribution in [0.5, 0.6) is 0 Å². The molecule has 0 spiro atoms. The summed E-state index contributed by atoms with van der Waals surface area (Å²) in [6.07, 6.45) is 4.11. The highest BCUT2D eigenvalue weighted by Crippen LogP contribution is 2.32. The molecule has 5 rings (SSSR count). The first-order valence-corrected chi connectivity index (χ1v) is 8.43. The first kappa shape index (κ1) is 14.0. The Balaban J connectivity index is 1.65. The molecule has 0 amide bonds. The van der Waals surface area contributed by atoms with E-state index in [4.69, 9.17) is 0 Å². The van der Waals surface area contributed by atoms with Crippen LogP contribution in [0.1, 0.15) is 22.5 Å². The average Bonchev–Trinajstić information content (AvgIpc) is 3.25. The molecule has 3 aromatic carbocycles. The van der Waals surface area contributed by atoms with Crippen LogP contribution in [0.25, 0.3) is 33.5 Å². The van der Waals surface area contributed by atoms with Crippen LogP contribution in [-0.4, -0.2) is 9.97 Å². The van der Waals surface area contributed by atoms with Gasteiger partial charge >= 0.3 is 0 Å². The standard InChI is InChI=1S/C22H15N3/c23-13-18(22-24-19-6-1-2-7-20(19)25-22)12-14-10-16-5-3-4-15-8-9-17(11-14)21(15)16/h1-7,10-12H,8-9H2,(H,24,25)/b18-12-. The molecule has 118 valence electrons. The monoisotopic (exact) mass is 321 g/mol. The van der Waals surface area contributed by atoms with E-state index in [1.807, 2.05) is 30.3 Å². The van der Waals surface area contributed by atoms with Crippen LogP contribution in [0.2, 0.25) is 0 Å². The number of hydrogen-bond acceptors (Lipinski definition) is 2. The zero-order valence-electron chi connectivity index (χ0n) is 13.6. The van der Waals surface area contributed by atoms with Crippen molar-refractivity contribution in [2.75, 3.05) is 0 Å². The summed E-state index contributed by atoms with van der Waals surface area (Å²) in [6.45, 7) is 0. The lowest BCUT2D eigenvalue weighted by molar-refractivity contribution is 1.02. The Morgan fingerprint density at radius 2 is 1.92 bits per heavy atom. The van der Waals surface area contributed by atoms with Crippen molar-refractivity contribution >= 4 is 33.5 Å². The Labute approximate surface area is 145 Å². The third-order valence-corrected chi connectivity index (χ3v) is 4.91. The molecule has 1 heterocycles. The van der Waals surface area contributed by atoms with Crippen molar-refractivity contribution in [3.8, 4) is 6.07 Å². The number of nitriles is 1. The van der Waals surface area contributed by atoms with Crippen LogP contribution in [0.4, 0.5) is 0 Å². The van der Waals surface area contributed by atoms with E-state index in [1.54, 1.807) is 0 Å². The van der Waals surface area contributed by atoms with Crippen molar-refractivity contribution in [3.05, 3.63) is 77.1 Å². The molecule has 0 fully saturated rings. The number of hydrogen-bond donors (Lipinski definition) is 1. The van der Waals surface area contributed by atoms with E-state index in [9.17, 15) is 5.26 Å². The topological polar surface area (TPSA) is 52.5 Å². The van der Waals surface area contributed by atoms with E-state index in [1.165, 1.54) is 21.9 Å². The summed E-state index contributed by atoms with van der Waals surface area (Å²) < 4.78 is 0. The molecule has 25 heavy (non-hydrogen) atoms. The molecule has 0 saturated carbocycles. The number of imidazole rings is 1. The highest BCUT2D eigenvalue weighted by molar-refractivity contribution is 5.96. The third kappa shape index (κ3) is 2.23. The maximum atomic E-state index is 9.64. The Morgan fingerprint density at radius 1 is 1.04 bits per heavy atom. The number of allylic oxidation sites excluding steroid dienone is 1. The van der Waals surface area contributed by atoms with Gasteiger partial charge in [-0.2, -0.15) is 5.26 Å². The molecule has 3 nitrogen and oxygen atoms in total. The smallest absolute Gasteiger partial charge is 0.149 e. The second-order valence-electron chi connectivity index (χ2n) is 6.47. The largest absolute Gasteiger partial charge is 0.337 e. The fourth-order valence-corrected chi connectivity index (χ4v) is 3.79. The number of aromatic amines is 1. The van der Waals surface area contributed by atoms with Crippen molar-refractivity contribution in [2.24, 2.45) is 0 Å². The summed E-state index contributed by atoms with van der Waals surface area (Å²) in [4.78, 5) is 7.79. The van der Waals surface area contributed by atoms with Gasteiger partial charge < -0.3 is 4.98 Å². The van der Waals surface area contributed by atoms with Crippen LogP contribution >= 0.6 is 0 Å². The van der Waals surface area contributed by atoms with Gasteiger partial charge in [0.2, 0.25) is 0 Å². The lowest BCUT2D eigenvalue weighted by atomic mass is 10.0. The van der Waals surface area contributed by atoms with Crippen LogP contribution in [-0.2, 0) is 12.8 Å². The number of benzene rings is 3. The molecule has 1 aliphatic rings. The van der Waals surface area contributed by atoms with E-state index >= 15 is 0 Å². The lowest BCUT2D eigenvalue weighted by Gasteiger charge is -2.04. The molecule has 0 bridgehead atoms. The molecule has 1 N–H and O–H groups in total. The number of rotatable bonds is 2. The van der Waals surface area contributed by atoms with Crippen LogP contribution < -0.4 is 0 Å². The van der Waals surface area contributed by atoms with Gasteiger partial charge in [0.05, 0.1) is 16.6 Å². The lowest BCUT2D eigenvalue weighted by Crippen LogP contribution is -1.87. The maximum Gasteiger partial charge on any atom is 0.149 e. The molecular formula is C22H15N3. The van der Waals surface area contributed by atoms with Crippen molar-refractivity contribution in [2.45, 2.75) is 12.8 Å². The number of H-pyrrole nitrogens is 1. The predicted octanol–water partition coefficient (Wildman–Crippen LogP) is 4.88. The SMILES string of the molecule is N#C/C(=C/c1cc2c3c(cccc3c1)CC2)c1nc2ccccc2[nH]1. The average molecular weight is 321 g/mol. The molecule has 0 unspecified atom stereocenters.